The monoisotopic (exact) mass is 260 g/mol. The predicted octanol–water partition coefficient (Wildman–Crippen LogP) is 0.614. The van der Waals surface area contributed by atoms with Crippen LogP contribution in [-0.4, -0.2) is 48.6 Å². The fourth-order valence-corrected chi connectivity index (χ4v) is 1.90. The van der Waals surface area contributed by atoms with E-state index in [9.17, 15) is 4.79 Å². The van der Waals surface area contributed by atoms with E-state index in [1.165, 1.54) is 0 Å². The molecule has 0 unspecified atom stereocenters. The van der Waals surface area contributed by atoms with Crippen molar-refractivity contribution in [2.24, 2.45) is 0 Å². The van der Waals surface area contributed by atoms with E-state index < -0.39 is 0 Å². The zero-order valence-corrected chi connectivity index (χ0v) is 10.6. The van der Waals surface area contributed by atoms with Crippen molar-refractivity contribution in [2.45, 2.75) is 6.42 Å². The molecule has 1 aliphatic heterocycles. The molecule has 0 atom stereocenters. The van der Waals surface area contributed by atoms with Gasteiger partial charge in [0, 0.05) is 32.3 Å². The van der Waals surface area contributed by atoms with Crippen LogP contribution >= 0.6 is 0 Å². The Morgan fingerprint density at radius 2 is 2.32 bits per heavy atom. The van der Waals surface area contributed by atoms with Gasteiger partial charge < -0.3 is 15.0 Å². The van der Waals surface area contributed by atoms with Crippen molar-refractivity contribution in [1.29, 1.82) is 5.26 Å². The first kappa shape index (κ1) is 13.3. The summed E-state index contributed by atoms with van der Waals surface area (Å²) in [5.41, 5.74) is 0.487. The summed E-state index contributed by atoms with van der Waals surface area (Å²) in [6.45, 7) is 3.01. The quantitative estimate of drug-likeness (QED) is 0.858. The minimum Gasteiger partial charge on any atom is -0.378 e. The smallest absolute Gasteiger partial charge is 0.224 e. The van der Waals surface area contributed by atoms with Crippen LogP contribution in [0.5, 0.6) is 0 Å². The van der Waals surface area contributed by atoms with Gasteiger partial charge in [-0.3, -0.25) is 4.79 Å². The summed E-state index contributed by atoms with van der Waals surface area (Å²) >= 11 is 0. The molecule has 0 radical (unpaired) electrons. The number of hydrogen-bond acceptors (Lipinski definition) is 5. The molecule has 19 heavy (non-hydrogen) atoms. The first-order valence-corrected chi connectivity index (χ1v) is 6.26. The van der Waals surface area contributed by atoms with E-state index in [2.05, 4.69) is 16.4 Å². The summed E-state index contributed by atoms with van der Waals surface area (Å²) in [6.07, 6.45) is 2.01. The van der Waals surface area contributed by atoms with E-state index in [0.717, 1.165) is 0 Å². The second-order valence-electron chi connectivity index (χ2n) is 4.18. The number of aromatic nitrogens is 1. The summed E-state index contributed by atoms with van der Waals surface area (Å²) in [5.74, 6) is 0.630. The highest BCUT2D eigenvalue weighted by Gasteiger charge is 2.16. The van der Waals surface area contributed by atoms with Gasteiger partial charge in [0.25, 0.3) is 0 Å². The lowest BCUT2D eigenvalue weighted by atomic mass is 10.2. The van der Waals surface area contributed by atoms with Crippen molar-refractivity contribution < 1.29 is 9.53 Å². The van der Waals surface area contributed by atoms with Crippen LogP contribution in [0.3, 0.4) is 0 Å². The molecule has 2 rings (SSSR count). The summed E-state index contributed by atoms with van der Waals surface area (Å²) in [7, 11) is 0. The molecule has 0 bridgehead atoms. The van der Waals surface area contributed by atoms with E-state index in [1.54, 1.807) is 23.2 Å². The van der Waals surface area contributed by atoms with Gasteiger partial charge in [-0.1, -0.05) is 0 Å². The van der Waals surface area contributed by atoms with E-state index in [0.29, 0.717) is 50.7 Å². The van der Waals surface area contributed by atoms with Crippen LogP contribution in [0.15, 0.2) is 18.3 Å². The van der Waals surface area contributed by atoms with E-state index in [4.69, 9.17) is 10.00 Å². The normalized spacial score (nSPS) is 14.8. The van der Waals surface area contributed by atoms with Crippen LogP contribution in [0, 0.1) is 11.3 Å². The molecule has 1 saturated heterocycles. The van der Waals surface area contributed by atoms with Gasteiger partial charge in [0.05, 0.1) is 18.8 Å². The lowest BCUT2D eigenvalue weighted by Gasteiger charge is -2.26. The number of amides is 1. The summed E-state index contributed by atoms with van der Waals surface area (Å²) in [5, 5.41) is 11.9. The molecule has 6 nitrogen and oxygen atoms in total. The minimum atomic E-state index is 0.102. The molecule has 1 N–H and O–H groups in total. The molecule has 1 amide bonds. The lowest BCUT2D eigenvalue weighted by Crippen LogP contribution is -2.41. The first-order valence-electron chi connectivity index (χ1n) is 6.26. The van der Waals surface area contributed by atoms with Gasteiger partial charge in [-0.25, -0.2) is 4.98 Å². The van der Waals surface area contributed by atoms with Gasteiger partial charge in [0.2, 0.25) is 5.91 Å². The van der Waals surface area contributed by atoms with Crippen LogP contribution in [0.4, 0.5) is 5.82 Å². The van der Waals surface area contributed by atoms with Gasteiger partial charge in [-0.05, 0) is 12.1 Å². The third-order valence-corrected chi connectivity index (χ3v) is 2.92. The number of carbonyl (C=O) groups is 1. The topological polar surface area (TPSA) is 78.2 Å². The summed E-state index contributed by atoms with van der Waals surface area (Å²) in [4.78, 5) is 17.8. The molecule has 0 aliphatic carbocycles. The number of pyridine rings is 1. The Hall–Kier alpha value is -2.13. The molecule has 1 fully saturated rings. The number of carbonyl (C=O) groups excluding carboxylic acids is 1. The highest BCUT2D eigenvalue weighted by Crippen LogP contribution is 2.09. The van der Waals surface area contributed by atoms with Crippen LogP contribution in [-0.2, 0) is 9.53 Å². The Kier molecular flexibility index (Phi) is 4.70. The molecule has 1 aromatic rings. The van der Waals surface area contributed by atoms with Gasteiger partial charge in [-0.2, -0.15) is 5.26 Å². The maximum absolute atomic E-state index is 11.9. The number of morpholine rings is 1. The number of ether oxygens (including phenoxy) is 1. The summed E-state index contributed by atoms with van der Waals surface area (Å²) in [6, 6.07) is 5.46. The standard InChI is InChI=1S/C13H16N4O2/c14-10-11-2-1-4-15-13(11)16-5-3-12(18)17-6-8-19-9-7-17/h1-2,4H,3,5-9H2,(H,15,16). The highest BCUT2D eigenvalue weighted by molar-refractivity contribution is 5.76. The SMILES string of the molecule is N#Cc1cccnc1NCCC(=O)N1CCOCC1. The fourth-order valence-electron chi connectivity index (χ4n) is 1.90. The Labute approximate surface area is 112 Å². The number of anilines is 1. The van der Waals surface area contributed by atoms with E-state index >= 15 is 0 Å². The zero-order valence-electron chi connectivity index (χ0n) is 10.6. The van der Waals surface area contributed by atoms with Crippen molar-refractivity contribution >= 4 is 11.7 Å². The molecular formula is C13H16N4O2. The van der Waals surface area contributed by atoms with E-state index in [-0.39, 0.29) is 5.91 Å². The molecule has 1 aliphatic rings. The van der Waals surface area contributed by atoms with E-state index in [1.807, 2.05) is 0 Å². The highest BCUT2D eigenvalue weighted by atomic mass is 16.5. The molecular weight excluding hydrogens is 244 g/mol. The van der Waals surface area contributed by atoms with Gasteiger partial charge in [0.1, 0.15) is 11.9 Å². The van der Waals surface area contributed by atoms with Crippen molar-refractivity contribution in [3.63, 3.8) is 0 Å². The van der Waals surface area contributed by atoms with Crippen LogP contribution < -0.4 is 5.32 Å². The average molecular weight is 260 g/mol. The van der Waals surface area contributed by atoms with Gasteiger partial charge >= 0.3 is 0 Å². The molecule has 0 saturated carbocycles. The Balaban J connectivity index is 1.80. The van der Waals surface area contributed by atoms with Gasteiger partial charge in [-0.15, -0.1) is 0 Å². The zero-order chi connectivity index (χ0) is 13.5. The van der Waals surface area contributed by atoms with Crippen molar-refractivity contribution in [3.05, 3.63) is 23.9 Å². The van der Waals surface area contributed by atoms with Crippen molar-refractivity contribution in [2.75, 3.05) is 38.2 Å². The predicted molar refractivity (Wildman–Crippen MR) is 69.5 cm³/mol. The first-order chi connectivity index (χ1) is 9.31. The van der Waals surface area contributed by atoms with Gasteiger partial charge in [0.15, 0.2) is 0 Å². The largest absolute Gasteiger partial charge is 0.378 e. The second-order valence-corrected chi connectivity index (χ2v) is 4.18. The molecule has 100 valence electrons. The number of nitrogens with zero attached hydrogens (tertiary/aromatic N) is 3. The third-order valence-electron chi connectivity index (χ3n) is 2.92. The van der Waals surface area contributed by atoms with Crippen molar-refractivity contribution in [3.8, 4) is 6.07 Å². The fraction of sp³-hybridized carbons (Fsp3) is 0.462. The molecule has 1 aromatic heterocycles. The second kappa shape index (κ2) is 6.71. The number of nitriles is 1. The Morgan fingerprint density at radius 3 is 3.05 bits per heavy atom. The molecule has 0 aromatic carbocycles. The lowest BCUT2D eigenvalue weighted by molar-refractivity contribution is -0.134. The van der Waals surface area contributed by atoms with Crippen LogP contribution in [0.2, 0.25) is 0 Å². The minimum absolute atomic E-state index is 0.102. The summed E-state index contributed by atoms with van der Waals surface area (Å²) < 4.78 is 5.20. The molecule has 6 heteroatoms. The number of nitrogens with one attached hydrogen (secondary N) is 1. The number of hydrogen-bond donors (Lipinski definition) is 1. The maximum atomic E-state index is 11.9. The average Bonchev–Trinajstić information content (AvgIpc) is 2.48. The maximum Gasteiger partial charge on any atom is 0.224 e. The number of rotatable bonds is 4. The Bertz CT molecular complexity index is 478. The van der Waals surface area contributed by atoms with Crippen LogP contribution in [0.25, 0.3) is 0 Å². The molecule has 0 spiro atoms. The van der Waals surface area contributed by atoms with Crippen molar-refractivity contribution in [1.82, 2.24) is 9.88 Å². The Morgan fingerprint density at radius 1 is 1.53 bits per heavy atom. The van der Waals surface area contributed by atoms with Crippen LogP contribution in [0.1, 0.15) is 12.0 Å². The third kappa shape index (κ3) is 3.66. The molecule has 2 heterocycles.